The van der Waals surface area contributed by atoms with Crippen LogP contribution in [0.1, 0.15) is 31.5 Å². The zero-order valence-corrected chi connectivity index (χ0v) is 8.79. The van der Waals surface area contributed by atoms with Crippen LogP contribution < -0.4 is 5.32 Å². The molecule has 0 aliphatic heterocycles. The molecule has 0 fully saturated rings. The van der Waals surface area contributed by atoms with Crippen LogP contribution in [0.2, 0.25) is 0 Å². The highest BCUT2D eigenvalue weighted by atomic mass is 16.5. The van der Waals surface area contributed by atoms with Gasteiger partial charge in [-0.3, -0.25) is 0 Å². The van der Waals surface area contributed by atoms with Crippen molar-refractivity contribution >= 4 is 0 Å². The molecule has 1 aromatic rings. The molecular weight excluding hydrogens is 178 g/mol. The van der Waals surface area contributed by atoms with Gasteiger partial charge in [0, 0.05) is 13.0 Å². The van der Waals surface area contributed by atoms with Crippen molar-refractivity contribution in [3.8, 4) is 0 Å². The SMILES string of the molecule is C=CCCC(C)NCc1noc(C)n1. The molecule has 0 radical (unpaired) electrons. The smallest absolute Gasteiger partial charge is 0.223 e. The van der Waals surface area contributed by atoms with E-state index in [2.05, 4.69) is 29.0 Å². The zero-order chi connectivity index (χ0) is 10.4. The minimum Gasteiger partial charge on any atom is -0.340 e. The Morgan fingerprint density at radius 3 is 3.00 bits per heavy atom. The predicted molar refractivity (Wildman–Crippen MR) is 54.8 cm³/mol. The summed E-state index contributed by atoms with van der Waals surface area (Å²) in [5.41, 5.74) is 0. The third kappa shape index (κ3) is 3.70. The molecule has 1 rings (SSSR count). The fraction of sp³-hybridized carbons (Fsp3) is 0.600. The second-order valence-electron chi connectivity index (χ2n) is 3.38. The molecule has 1 N–H and O–H groups in total. The van der Waals surface area contributed by atoms with Crippen LogP contribution in [-0.2, 0) is 6.54 Å². The number of allylic oxidation sites excluding steroid dienone is 1. The lowest BCUT2D eigenvalue weighted by Gasteiger charge is -2.10. The number of hydrogen-bond acceptors (Lipinski definition) is 4. The fourth-order valence-corrected chi connectivity index (χ4v) is 1.15. The summed E-state index contributed by atoms with van der Waals surface area (Å²) in [5.74, 6) is 1.33. The Morgan fingerprint density at radius 1 is 1.64 bits per heavy atom. The number of hydrogen-bond donors (Lipinski definition) is 1. The number of nitrogens with one attached hydrogen (secondary N) is 1. The standard InChI is InChI=1S/C10H17N3O/c1-4-5-6-8(2)11-7-10-12-9(3)14-13-10/h4,8,11H,1,5-7H2,2-3H3. The van der Waals surface area contributed by atoms with E-state index in [1.807, 2.05) is 6.08 Å². The molecule has 14 heavy (non-hydrogen) atoms. The Labute approximate surface area is 84.4 Å². The van der Waals surface area contributed by atoms with Crippen LogP contribution in [0.3, 0.4) is 0 Å². The molecule has 1 atom stereocenters. The third-order valence-electron chi connectivity index (χ3n) is 1.98. The quantitative estimate of drug-likeness (QED) is 0.703. The Hall–Kier alpha value is -1.16. The van der Waals surface area contributed by atoms with Gasteiger partial charge in [0.15, 0.2) is 5.82 Å². The molecule has 4 nitrogen and oxygen atoms in total. The van der Waals surface area contributed by atoms with Crippen molar-refractivity contribution in [3.05, 3.63) is 24.4 Å². The average Bonchev–Trinajstić information content (AvgIpc) is 2.58. The summed E-state index contributed by atoms with van der Waals surface area (Å²) in [5, 5.41) is 7.11. The lowest BCUT2D eigenvalue weighted by molar-refractivity contribution is 0.383. The van der Waals surface area contributed by atoms with Gasteiger partial charge in [0.2, 0.25) is 5.89 Å². The molecule has 1 aromatic heterocycles. The van der Waals surface area contributed by atoms with E-state index in [1.165, 1.54) is 0 Å². The van der Waals surface area contributed by atoms with Crippen LogP contribution in [0.4, 0.5) is 0 Å². The molecule has 0 aliphatic rings. The first-order valence-electron chi connectivity index (χ1n) is 4.86. The largest absolute Gasteiger partial charge is 0.340 e. The molecule has 0 bridgehead atoms. The van der Waals surface area contributed by atoms with Crippen molar-refractivity contribution in [1.29, 1.82) is 0 Å². The molecule has 0 amide bonds. The number of aromatic nitrogens is 2. The number of aryl methyl sites for hydroxylation is 1. The van der Waals surface area contributed by atoms with E-state index in [4.69, 9.17) is 4.52 Å². The summed E-state index contributed by atoms with van der Waals surface area (Å²) in [7, 11) is 0. The molecule has 1 unspecified atom stereocenters. The first-order valence-corrected chi connectivity index (χ1v) is 4.86. The summed E-state index contributed by atoms with van der Waals surface area (Å²) in [6.07, 6.45) is 4.04. The molecule has 78 valence electrons. The topological polar surface area (TPSA) is 51.0 Å². The molecular formula is C10H17N3O. The predicted octanol–water partition coefficient (Wildman–Crippen LogP) is 1.82. The molecule has 0 saturated carbocycles. The van der Waals surface area contributed by atoms with Crippen LogP contribution in [-0.4, -0.2) is 16.2 Å². The van der Waals surface area contributed by atoms with Crippen LogP contribution >= 0.6 is 0 Å². The van der Waals surface area contributed by atoms with E-state index < -0.39 is 0 Å². The van der Waals surface area contributed by atoms with Gasteiger partial charge < -0.3 is 9.84 Å². The van der Waals surface area contributed by atoms with Gasteiger partial charge in [-0.2, -0.15) is 4.98 Å². The van der Waals surface area contributed by atoms with Crippen molar-refractivity contribution < 1.29 is 4.52 Å². The third-order valence-corrected chi connectivity index (χ3v) is 1.98. The highest BCUT2D eigenvalue weighted by molar-refractivity contribution is 4.83. The molecule has 1 heterocycles. The van der Waals surface area contributed by atoms with E-state index >= 15 is 0 Å². The van der Waals surface area contributed by atoms with Gasteiger partial charge in [-0.05, 0) is 19.8 Å². The Kier molecular flexibility index (Phi) is 4.32. The van der Waals surface area contributed by atoms with Gasteiger partial charge in [0.25, 0.3) is 0 Å². The fourth-order valence-electron chi connectivity index (χ4n) is 1.15. The lowest BCUT2D eigenvalue weighted by atomic mass is 10.2. The summed E-state index contributed by atoms with van der Waals surface area (Å²) in [6, 6.07) is 0.451. The van der Waals surface area contributed by atoms with Crippen molar-refractivity contribution in [2.45, 2.75) is 39.3 Å². The monoisotopic (exact) mass is 195 g/mol. The van der Waals surface area contributed by atoms with Gasteiger partial charge >= 0.3 is 0 Å². The van der Waals surface area contributed by atoms with Crippen LogP contribution in [0.25, 0.3) is 0 Å². The van der Waals surface area contributed by atoms with Crippen molar-refractivity contribution in [1.82, 2.24) is 15.5 Å². The van der Waals surface area contributed by atoms with Gasteiger partial charge in [-0.1, -0.05) is 11.2 Å². The minimum absolute atomic E-state index is 0.451. The van der Waals surface area contributed by atoms with E-state index in [-0.39, 0.29) is 0 Å². The van der Waals surface area contributed by atoms with Gasteiger partial charge in [0.05, 0.1) is 6.54 Å². The molecule has 0 aliphatic carbocycles. The second kappa shape index (κ2) is 5.54. The van der Waals surface area contributed by atoms with E-state index in [9.17, 15) is 0 Å². The molecule has 0 spiro atoms. The maximum atomic E-state index is 4.86. The van der Waals surface area contributed by atoms with Crippen LogP contribution in [0, 0.1) is 6.92 Å². The average molecular weight is 195 g/mol. The molecule has 0 aromatic carbocycles. The summed E-state index contributed by atoms with van der Waals surface area (Å²) in [4.78, 5) is 4.10. The summed E-state index contributed by atoms with van der Waals surface area (Å²) < 4.78 is 4.86. The summed E-state index contributed by atoms with van der Waals surface area (Å²) >= 11 is 0. The van der Waals surface area contributed by atoms with E-state index in [0.717, 1.165) is 12.8 Å². The lowest BCUT2D eigenvalue weighted by Crippen LogP contribution is -2.25. The second-order valence-corrected chi connectivity index (χ2v) is 3.38. The van der Waals surface area contributed by atoms with Crippen LogP contribution in [0.5, 0.6) is 0 Å². The van der Waals surface area contributed by atoms with Crippen molar-refractivity contribution in [2.75, 3.05) is 0 Å². The maximum absolute atomic E-state index is 4.86. The first-order chi connectivity index (χ1) is 6.72. The van der Waals surface area contributed by atoms with Gasteiger partial charge in [-0.25, -0.2) is 0 Å². The van der Waals surface area contributed by atoms with Crippen molar-refractivity contribution in [3.63, 3.8) is 0 Å². The molecule has 4 heteroatoms. The van der Waals surface area contributed by atoms with Gasteiger partial charge in [-0.15, -0.1) is 6.58 Å². The van der Waals surface area contributed by atoms with E-state index in [0.29, 0.717) is 24.3 Å². The van der Waals surface area contributed by atoms with Crippen LogP contribution in [0.15, 0.2) is 17.2 Å². The van der Waals surface area contributed by atoms with E-state index in [1.54, 1.807) is 6.92 Å². The summed E-state index contributed by atoms with van der Waals surface area (Å²) in [6.45, 7) is 8.27. The highest BCUT2D eigenvalue weighted by Crippen LogP contribution is 1.99. The Morgan fingerprint density at radius 2 is 2.43 bits per heavy atom. The first kappa shape index (κ1) is 10.9. The normalized spacial score (nSPS) is 12.7. The molecule has 0 saturated heterocycles. The minimum atomic E-state index is 0.451. The van der Waals surface area contributed by atoms with Gasteiger partial charge in [0.1, 0.15) is 0 Å². The zero-order valence-electron chi connectivity index (χ0n) is 8.79. The Bertz CT molecular complexity index is 283. The van der Waals surface area contributed by atoms with Crippen molar-refractivity contribution in [2.24, 2.45) is 0 Å². The number of rotatable bonds is 6. The highest BCUT2D eigenvalue weighted by Gasteiger charge is 2.04. The maximum Gasteiger partial charge on any atom is 0.223 e. The number of nitrogens with zero attached hydrogens (tertiary/aromatic N) is 2. The Balaban J connectivity index is 2.23.